The van der Waals surface area contributed by atoms with E-state index in [0.29, 0.717) is 12.1 Å². The molecule has 15 heavy (non-hydrogen) atoms. The maximum atomic E-state index is 3.63. The normalized spacial score (nSPS) is 19.9. The molecule has 0 amide bonds. The van der Waals surface area contributed by atoms with Crippen molar-refractivity contribution in [2.45, 2.75) is 39.3 Å². The van der Waals surface area contributed by atoms with Crippen LogP contribution in [0.15, 0.2) is 18.2 Å². The summed E-state index contributed by atoms with van der Waals surface area (Å²) in [6.45, 7) is 7.65. The molecule has 0 fully saturated rings. The lowest BCUT2D eigenvalue weighted by Crippen LogP contribution is -2.32. The second-order valence-corrected chi connectivity index (χ2v) is 4.63. The number of nitrogens with one attached hydrogen (secondary N) is 2. The molecule has 2 heteroatoms. The van der Waals surface area contributed by atoms with Crippen LogP contribution in [0.25, 0.3) is 0 Å². The first-order valence-electron chi connectivity index (χ1n) is 5.78. The molecule has 2 N–H and O–H groups in total. The maximum Gasteiger partial charge on any atom is 0.0418 e. The fourth-order valence-electron chi connectivity index (χ4n) is 2.29. The summed E-state index contributed by atoms with van der Waals surface area (Å²) in [5.41, 5.74) is 4.11. The van der Waals surface area contributed by atoms with E-state index in [1.54, 1.807) is 0 Å². The lowest BCUT2D eigenvalue weighted by molar-refractivity contribution is 0.453. The molecule has 1 aliphatic heterocycles. The monoisotopic (exact) mass is 204 g/mol. The number of para-hydroxylation sites is 1. The van der Waals surface area contributed by atoms with Crippen molar-refractivity contribution in [3.05, 3.63) is 29.3 Å². The Bertz CT molecular complexity index is 344. The van der Waals surface area contributed by atoms with Crippen LogP contribution < -0.4 is 10.6 Å². The van der Waals surface area contributed by atoms with Crippen LogP contribution in [0.3, 0.4) is 0 Å². The third-order valence-electron chi connectivity index (χ3n) is 2.95. The Balaban J connectivity index is 2.30. The molecule has 1 aliphatic rings. The van der Waals surface area contributed by atoms with Gasteiger partial charge in [0.1, 0.15) is 0 Å². The van der Waals surface area contributed by atoms with Crippen LogP contribution in [0.5, 0.6) is 0 Å². The van der Waals surface area contributed by atoms with E-state index in [0.717, 1.165) is 6.54 Å². The molecule has 0 aromatic heterocycles. The van der Waals surface area contributed by atoms with Crippen LogP contribution in [0.2, 0.25) is 0 Å². The van der Waals surface area contributed by atoms with Gasteiger partial charge in [-0.15, -0.1) is 0 Å². The molecule has 1 heterocycles. The average Bonchev–Trinajstić information content (AvgIpc) is 2.19. The lowest BCUT2D eigenvalue weighted by Gasteiger charge is -2.30. The SMILES string of the molecule is Cc1cccc2c1NCCC2NC(C)C. The Morgan fingerprint density at radius 1 is 1.40 bits per heavy atom. The summed E-state index contributed by atoms with van der Waals surface area (Å²) in [6, 6.07) is 7.61. The molecule has 0 saturated heterocycles. The summed E-state index contributed by atoms with van der Waals surface area (Å²) < 4.78 is 0. The Kier molecular flexibility index (Phi) is 2.96. The summed E-state index contributed by atoms with van der Waals surface area (Å²) in [6.07, 6.45) is 1.18. The molecule has 0 saturated carbocycles. The average molecular weight is 204 g/mol. The summed E-state index contributed by atoms with van der Waals surface area (Å²) in [5.74, 6) is 0. The highest BCUT2D eigenvalue weighted by Crippen LogP contribution is 2.32. The third-order valence-corrected chi connectivity index (χ3v) is 2.95. The van der Waals surface area contributed by atoms with Gasteiger partial charge in [-0.3, -0.25) is 0 Å². The first-order chi connectivity index (χ1) is 7.18. The summed E-state index contributed by atoms with van der Waals surface area (Å²) in [7, 11) is 0. The maximum absolute atomic E-state index is 3.63. The summed E-state index contributed by atoms with van der Waals surface area (Å²) >= 11 is 0. The van der Waals surface area contributed by atoms with E-state index in [1.807, 2.05) is 0 Å². The quantitative estimate of drug-likeness (QED) is 0.774. The first-order valence-corrected chi connectivity index (χ1v) is 5.78. The highest BCUT2D eigenvalue weighted by molar-refractivity contribution is 5.59. The zero-order valence-corrected chi connectivity index (χ0v) is 9.80. The molecule has 1 aromatic rings. The van der Waals surface area contributed by atoms with Gasteiger partial charge >= 0.3 is 0 Å². The smallest absolute Gasteiger partial charge is 0.0418 e. The Labute approximate surface area is 92.1 Å². The minimum atomic E-state index is 0.515. The Hall–Kier alpha value is -1.02. The fourth-order valence-corrected chi connectivity index (χ4v) is 2.29. The molecular formula is C13H20N2. The van der Waals surface area contributed by atoms with Gasteiger partial charge in [0.2, 0.25) is 0 Å². The molecule has 0 bridgehead atoms. The zero-order valence-electron chi connectivity index (χ0n) is 9.80. The molecule has 0 aliphatic carbocycles. The molecule has 2 nitrogen and oxygen atoms in total. The third kappa shape index (κ3) is 2.15. The van der Waals surface area contributed by atoms with Gasteiger partial charge in [-0.2, -0.15) is 0 Å². The van der Waals surface area contributed by atoms with Crippen molar-refractivity contribution < 1.29 is 0 Å². The standard InChI is InChI=1S/C13H20N2/c1-9(2)15-12-7-8-14-13-10(3)5-4-6-11(12)13/h4-6,9,12,14-15H,7-8H2,1-3H3. The molecule has 0 spiro atoms. The van der Waals surface area contributed by atoms with Crippen molar-refractivity contribution in [3.63, 3.8) is 0 Å². The van der Waals surface area contributed by atoms with Crippen LogP contribution in [-0.2, 0) is 0 Å². The molecule has 1 unspecified atom stereocenters. The fraction of sp³-hybridized carbons (Fsp3) is 0.538. The van der Waals surface area contributed by atoms with E-state index in [1.165, 1.54) is 23.2 Å². The number of fused-ring (bicyclic) bond motifs is 1. The van der Waals surface area contributed by atoms with E-state index in [9.17, 15) is 0 Å². The van der Waals surface area contributed by atoms with Crippen molar-refractivity contribution in [3.8, 4) is 0 Å². The molecule has 0 radical (unpaired) electrons. The van der Waals surface area contributed by atoms with E-state index < -0.39 is 0 Å². The zero-order chi connectivity index (χ0) is 10.8. The minimum absolute atomic E-state index is 0.515. The predicted octanol–water partition coefficient (Wildman–Crippen LogP) is 2.85. The summed E-state index contributed by atoms with van der Waals surface area (Å²) in [5, 5.41) is 7.12. The van der Waals surface area contributed by atoms with Gasteiger partial charge in [0.15, 0.2) is 0 Å². The largest absolute Gasteiger partial charge is 0.384 e. The van der Waals surface area contributed by atoms with Crippen LogP contribution in [0.1, 0.15) is 37.4 Å². The van der Waals surface area contributed by atoms with E-state index in [2.05, 4.69) is 49.6 Å². The molecule has 1 aromatic carbocycles. The van der Waals surface area contributed by atoms with Crippen molar-refractivity contribution >= 4 is 5.69 Å². The number of hydrogen-bond donors (Lipinski definition) is 2. The van der Waals surface area contributed by atoms with E-state index >= 15 is 0 Å². The van der Waals surface area contributed by atoms with Crippen LogP contribution in [-0.4, -0.2) is 12.6 Å². The van der Waals surface area contributed by atoms with Crippen LogP contribution >= 0.6 is 0 Å². The number of aryl methyl sites for hydroxylation is 1. The van der Waals surface area contributed by atoms with E-state index in [4.69, 9.17) is 0 Å². The highest BCUT2D eigenvalue weighted by atomic mass is 15.0. The van der Waals surface area contributed by atoms with Gasteiger partial charge in [-0.25, -0.2) is 0 Å². The van der Waals surface area contributed by atoms with Crippen molar-refractivity contribution in [1.29, 1.82) is 0 Å². The molecule has 2 rings (SSSR count). The van der Waals surface area contributed by atoms with Crippen LogP contribution in [0.4, 0.5) is 5.69 Å². The predicted molar refractivity (Wildman–Crippen MR) is 65.3 cm³/mol. The molecule has 82 valence electrons. The Morgan fingerprint density at radius 2 is 2.20 bits per heavy atom. The van der Waals surface area contributed by atoms with Gasteiger partial charge in [0.05, 0.1) is 0 Å². The van der Waals surface area contributed by atoms with Crippen molar-refractivity contribution in [2.75, 3.05) is 11.9 Å². The number of benzene rings is 1. The second kappa shape index (κ2) is 4.23. The topological polar surface area (TPSA) is 24.1 Å². The first kappa shape index (κ1) is 10.5. The number of hydrogen-bond acceptors (Lipinski definition) is 2. The van der Waals surface area contributed by atoms with Gasteiger partial charge in [-0.1, -0.05) is 32.0 Å². The van der Waals surface area contributed by atoms with E-state index in [-0.39, 0.29) is 0 Å². The summed E-state index contributed by atoms with van der Waals surface area (Å²) in [4.78, 5) is 0. The Morgan fingerprint density at radius 3 is 2.93 bits per heavy atom. The van der Waals surface area contributed by atoms with Crippen molar-refractivity contribution in [2.24, 2.45) is 0 Å². The lowest BCUT2D eigenvalue weighted by atomic mass is 9.95. The highest BCUT2D eigenvalue weighted by Gasteiger charge is 2.20. The van der Waals surface area contributed by atoms with Crippen molar-refractivity contribution in [1.82, 2.24) is 5.32 Å². The number of rotatable bonds is 2. The number of anilines is 1. The minimum Gasteiger partial charge on any atom is -0.384 e. The van der Waals surface area contributed by atoms with Gasteiger partial charge in [-0.05, 0) is 24.5 Å². The van der Waals surface area contributed by atoms with Crippen LogP contribution in [0, 0.1) is 6.92 Å². The molecule has 1 atom stereocenters. The van der Waals surface area contributed by atoms with Gasteiger partial charge in [0, 0.05) is 24.3 Å². The second-order valence-electron chi connectivity index (χ2n) is 4.63. The van der Waals surface area contributed by atoms with Gasteiger partial charge in [0.25, 0.3) is 0 Å². The molecular weight excluding hydrogens is 184 g/mol. The van der Waals surface area contributed by atoms with Gasteiger partial charge < -0.3 is 10.6 Å².